The Morgan fingerprint density at radius 3 is 1.80 bits per heavy atom. The highest BCUT2D eigenvalue weighted by atomic mass is 32.1. The molecule has 0 saturated carbocycles. The first-order chi connectivity index (χ1) is 21.7. The van der Waals surface area contributed by atoms with Gasteiger partial charge in [0.15, 0.2) is 11.5 Å². The van der Waals surface area contributed by atoms with Gasteiger partial charge in [-0.2, -0.15) is 0 Å². The van der Waals surface area contributed by atoms with Crippen LogP contribution < -0.4 is 4.74 Å². The summed E-state index contributed by atoms with van der Waals surface area (Å²) in [7, 11) is 0. The summed E-state index contributed by atoms with van der Waals surface area (Å²) in [6, 6.07) is 13.1. The smallest absolute Gasteiger partial charge is 0.349 e. The summed E-state index contributed by atoms with van der Waals surface area (Å²) in [5.74, 6) is 1.09. The molecule has 0 fully saturated rings. The van der Waals surface area contributed by atoms with E-state index in [-0.39, 0.29) is 11.5 Å². The van der Waals surface area contributed by atoms with Crippen molar-refractivity contribution in [3.8, 4) is 27.3 Å². The van der Waals surface area contributed by atoms with E-state index in [1.807, 2.05) is 13.8 Å². The first-order valence-corrected chi connectivity index (χ1v) is 17.4. The number of hydrogen-bond acceptors (Lipinski definition) is 7. The number of carbonyl (C=O) groups is 2. The zero-order valence-electron chi connectivity index (χ0n) is 28.0. The van der Waals surface area contributed by atoms with Crippen LogP contribution in [0.3, 0.4) is 0 Å². The number of esters is 2. The molecule has 0 spiro atoms. The molecular formula is C39H38O5S2. The zero-order chi connectivity index (χ0) is 33.0. The van der Waals surface area contributed by atoms with Gasteiger partial charge in [0.2, 0.25) is 0 Å². The Morgan fingerprint density at radius 2 is 1.22 bits per heavy atom. The normalized spacial score (nSPS) is 16.6. The standard InChI is InChI=1S/C39H38O5S2/c1-17(2)23-11-13-25-26-14-12-24(16-28(26)44-39(9,10)27(25)15-23)34-20(6)22(8)36(46-34)30-32-31(42-38(30)41)29(37(40)43-32)35-21(7)19(5)33(45-35)18(3)4/h11-18H,1-10H3. The van der Waals surface area contributed by atoms with Gasteiger partial charge in [0.05, 0.1) is 0 Å². The van der Waals surface area contributed by atoms with Gasteiger partial charge in [0.1, 0.15) is 22.5 Å². The molecule has 0 aliphatic carbocycles. The summed E-state index contributed by atoms with van der Waals surface area (Å²) in [5.41, 5.74) is 10.1. The maximum atomic E-state index is 13.5. The number of ether oxygens (including phenoxy) is 3. The van der Waals surface area contributed by atoms with Crippen LogP contribution in [0.5, 0.6) is 5.75 Å². The average Bonchev–Trinajstić information content (AvgIpc) is 3.67. The second-order valence-corrected chi connectivity index (χ2v) is 15.8. The van der Waals surface area contributed by atoms with E-state index < -0.39 is 17.5 Å². The van der Waals surface area contributed by atoms with Crippen LogP contribution >= 0.6 is 22.7 Å². The number of rotatable bonds is 5. The molecular weight excluding hydrogens is 613 g/mol. The van der Waals surface area contributed by atoms with Crippen LogP contribution in [-0.2, 0) is 24.7 Å². The largest absolute Gasteiger partial charge is 0.482 e. The summed E-state index contributed by atoms with van der Waals surface area (Å²) < 4.78 is 18.3. The third kappa shape index (κ3) is 4.46. The van der Waals surface area contributed by atoms with Crippen LogP contribution in [0.1, 0.15) is 101 Å². The summed E-state index contributed by atoms with van der Waals surface area (Å²) in [4.78, 5) is 30.6. The molecule has 0 bridgehead atoms. The molecule has 5 nitrogen and oxygen atoms in total. The second kappa shape index (κ2) is 10.5. The van der Waals surface area contributed by atoms with Gasteiger partial charge < -0.3 is 14.2 Å². The molecule has 0 unspecified atom stereocenters. The fourth-order valence-corrected chi connectivity index (χ4v) is 9.44. The van der Waals surface area contributed by atoms with Crippen LogP contribution in [0.4, 0.5) is 0 Å². The van der Waals surface area contributed by atoms with Crippen molar-refractivity contribution in [2.75, 3.05) is 0 Å². The van der Waals surface area contributed by atoms with Crippen molar-refractivity contribution in [3.63, 3.8) is 0 Å². The minimum Gasteiger partial charge on any atom is -0.482 e. The molecule has 7 rings (SSSR count). The van der Waals surface area contributed by atoms with Crippen molar-refractivity contribution in [2.45, 2.75) is 86.7 Å². The van der Waals surface area contributed by atoms with Gasteiger partial charge >= 0.3 is 11.9 Å². The SMILES string of the molecule is Cc1c(C2=C3OC(=O)C(c4sc(C(C)C)c(C)c4C)=C3OC2=O)sc(-c2ccc3c(c2)OC(C)(C)c2cc(C(C)C)ccc2-3)c1C. The first-order valence-electron chi connectivity index (χ1n) is 15.8. The summed E-state index contributed by atoms with van der Waals surface area (Å²) in [6.45, 7) is 21.1. The quantitative estimate of drug-likeness (QED) is 0.201. The Balaban J connectivity index is 1.32. The van der Waals surface area contributed by atoms with Gasteiger partial charge in [-0.25, -0.2) is 9.59 Å². The Hall–Kier alpha value is -3.94. The third-order valence-electron chi connectivity index (χ3n) is 9.63. The first kappa shape index (κ1) is 30.7. The number of carbonyl (C=O) groups excluding carboxylic acids is 2. The number of benzene rings is 2. The Morgan fingerprint density at radius 1 is 0.652 bits per heavy atom. The van der Waals surface area contributed by atoms with E-state index in [9.17, 15) is 9.59 Å². The van der Waals surface area contributed by atoms with Crippen molar-refractivity contribution in [3.05, 3.63) is 95.9 Å². The predicted octanol–water partition coefficient (Wildman–Crippen LogP) is 10.5. The minimum absolute atomic E-state index is 0.227. The van der Waals surface area contributed by atoms with Crippen molar-refractivity contribution in [1.29, 1.82) is 0 Å². The molecule has 2 aromatic carbocycles. The monoisotopic (exact) mass is 650 g/mol. The maximum absolute atomic E-state index is 13.5. The van der Waals surface area contributed by atoms with E-state index in [2.05, 4.69) is 91.8 Å². The molecule has 46 heavy (non-hydrogen) atoms. The van der Waals surface area contributed by atoms with Crippen molar-refractivity contribution in [1.82, 2.24) is 0 Å². The van der Waals surface area contributed by atoms with Gasteiger partial charge in [-0.05, 0) is 104 Å². The van der Waals surface area contributed by atoms with E-state index in [0.29, 0.717) is 23.0 Å². The maximum Gasteiger partial charge on any atom is 0.349 e. The molecule has 0 amide bonds. The molecule has 2 aromatic heterocycles. The van der Waals surface area contributed by atoms with E-state index >= 15 is 0 Å². The number of thiophene rings is 2. The molecule has 3 aliphatic rings. The van der Waals surface area contributed by atoms with Crippen LogP contribution in [-0.4, -0.2) is 11.9 Å². The Bertz CT molecular complexity index is 2080. The molecule has 5 heterocycles. The van der Waals surface area contributed by atoms with Gasteiger partial charge in [-0.15, -0.1) is 22.7 Å². The molecule has 236 valence electrons. The fraction of sp³-hybridized carbons (Fsp3) is 0.333. The third-order valence-corrected chi connectivity index (χ3v) is 12.8. The highest BCUT2D eigenvalue weighted by Gasteiger charge is 2.46. The molecule has 7 heteroatoms. The topological polar surface area (TPSA) is 61.8 Å². The molecule has 0 N–H and O–H groups in total. The van der Waals surface area contributed by atoms with Gasteiger partial charge in [0.25, 0.3) is 0 Å². The Labute approximate surface area is 278 Å². The molecule has 0 radical (unpaired) electrons. The van der Waals surface area contributed by atoms with Gasteiger partial charge in [0, 0.05) is 30.6 Å². The van der Waals surface area contributed by atoms with Crippen LogP contribution in [0.25, 0.3) is 32.7 Å². The summed E-state index contributed by atoms with van der Waals surface area (Å²) >= 11 is 3.09. The van der Waals surface area contributed by atoms with Crippen molar-refractivity contribution < 1.29 is 23.8 Å². The lowest BCUT2D eigenvalue weighted by atomic mass is 9.83. The highest BCUT2D eigenvalue weighted by Crippen LogP contribution is 2.52. The van der Waals surface area contributed by atoms with E-state index in [0.717, 1.165) is 53.8 Å². The van der Waals surface area contributed by atoms with Gasteiger partial charge in [-0.1, -0.05) is 52.0 Å². The van der Waals surface area contributed by atoms with Crippen molar-refractivity contribution in [2.24, 2.45) is 0 Å². The zero-order valence-corrected chi connectivity index (χ0v) is 29.6. The Kier molecular flexibility index (Phi) is 7.04. The minimum atomic E-state index is -0.492. The number of hydrogen-bond donors (Lipinski definition) is 0. The van der Waals surface area contributed by atoms with E-state index in [4.69, 9.17) is 14.2 Å². The highest BCUT2D eigenvalue weighted by molar-refractivity contribution is 7.17. The van der Waals surface area contributed by atoms with Crippen molar-refractivity contribution >= 4 is 45.8 Å². The van der Waals surface area contributed by atoms with Gasteiger partial charge in [-0.3, -0.25) is 0 Å². The van der Waals surface area contributed by atoms with Crippen LogP contribution in [0.2, 0.25) is 0 Å². The van der Waals surface area contributed by atoms with E-state index in [1.54, 1.807) is 11.3 Å². The molecule has 3 aliphatic heterocycles. The van der Waals surface area contributed by atoms with Crippen LogP contribution in [0.15, 0.2) is 47.9 Å². The second-order valence-electron chi connectivity index (χ2n) is 13.7. The summed E-state index contributed by atoms with van der Waals surface area (Å²) in [5, 5.41) is 0. The lowest BCUT2D eigenvalue weighted by molar-refractivity contribution is -0.131. The molecule has 0 saturated heterocycles. The lowest BCUT2D eigenvalue weighted by Gasteiger charge is -2.35. The van der Waals surface area contributed by atoms with Crippen LogP contribution in [0, 0.1) is 27.7 Å². The lowest BCUT2D eigenvalue weighted by Crippen LogP contribution is -2.29. The summed E-state index contributed by atoms with van der Waals surface area (Å²) in [6.07, 6.45) is 0. The predicted molar refractivity (Wildman–Crippen MR) is 186 cm³/mol. The molecule has 4 aromatic rings. The fourth-order valence-electron chi connectivity index (χ4n) is 6.76. The van der Waals surface area contributed by atoms with E-state index in [1.165, 1.54) is 32.9 Å². The average molecular weight is 651 g/mol. The number of fused-ring (bicyclic) bond motifs is 4. The molecule has 0 atom stereocenters.